The van der Waals surface area contributed by atoms with Crippen LogP contribution in [-0.4, -0.2) is 27.7 Å². The van der Waals surface area contributed by atoms with Crippen LogP contribution < -0.4 is 5.43 Å². The van der Waals surface area contributed by atoms with Crippen molar-refractivity contribution >= 4 is 28.6 Å². The fourth-order valence-corrected chi connectivity index (χ4v) is 2.83. The van der Waals surface area contributed by atoms with E-state index in [2.05, 4.69) is 15.5 Å². The zero-order valence-corrected chi connectivity index (χ0v) is 13.0. The normalized spacial score (nSPS) is 17.0. The fourth-order valence-electron chi connectivity index (χ4n) is 2.28. The van der Waals surface area contributed by atoms with Crippen LogP contribution in [0.2, 0.25) is 0 Å². The summed E-state index contributed by atoms with van der Waals surface area (Å²) in [6.45, 7) is 0. The van der Waals surface area contributed by atoms with E-state index in [0.717, 1.165) is 28.6 Å². The minimum Gasteiger partial charge on any atom is -0.481 e. The molecule has 0 bridgehead atoms. The Morgan fingerprint density at radius 2 is 1.74 bits per heavy atom. The van der Waals surface area contributed by atoms with Crippen LogP contribution in [0.25, 0.3) is 0 Å². The molecule has 1 aliphatic rings. The van der Waals surface area contributed by atoms with Gasteiger partial charge in [-0.25, -0.2) is 4.99 Å². The molecule has 0 fully saturated rings. The Morgan fingerprint density at radius 1 is 1.09 bits per heavy atom. The highest BCUT2D eigenvalue weighted by atomic mass is 32.2. The third-order valence-electron chi connectivity index (χ3n) is 3.29. The van der Waals surface area contributed by atoms with Gasteiger partial charge in [0.1, 0.15) is 6.04 Å². The lowest BCUT2D eigenvalue weighted by molar-refractivity contribution is -0.133. The molecule has 5 nitrogen and oxygen atoms in total. The largest absolute Gasteiger partial charge is 0.481 e. The number of aliphatic carboxylic acids is 1. The standard InChI is InChI=1S/C17H15N3O2S/c21-14(22)11-23-17-18-15(12-7-3-1-4-8-12)16(19-20-17)13-9-5-2-6-10-13/h1-10,15H,11H2,(H,18,20)(H,21,22)/t15-/m0/s1. The number of aliphatic imine (C=N–C) groups is 1. The van der Waals surface area contributed by atoms with Crippen LogP contribution in [0, 0.1) is 0 Å². The SMILES string of the molecule is O=C(O)CSC1=N[C@@H](c2ccccc2)C(c2ccccc2)=NN1. The molecule has 1 aliphatic heterocycles. The average molecular weight is 325 g/mol. The third kappa shape index (κ3) is 3.78. The lowest BCUT2D eigenvalue weighted by Crippen LogP contribution is -2.28. The Bertz CT molecular complexity index is 745. The first-order chi connectivity index (χ1) is 11.2. The van der Waals surface area contributed by atoms with Crippen molar-refractivity contribution in [3.8, 4) is 0 Å². The zero-order valence-electron chi connectivity index (χ0n) is 12.2. The van der Waals surface area contributed by atoms with Crippen molar-refractivity contribution < 1.29 is 9.90 Å². The van der Waals surface area contributed by atoms with Gasteiger partial charge in [0.25, 0.3) is 0 Å². The molecule has 2 N–H and O–H groups in total. The predicted molar refractivity (Wildman–Crippen MR) is 92.8 cm³/mol. The topological polar surface area (TPSA) is 74.0 Å². The summed E-state index contributed by atoms with van der Waals surface area (Å²) in [5, 5.41) is 13.8. The van der Waals surface area contributed by atoms with E-state index in [4.69, 9.17) is 5.11 Å². The average Bonchev–Trinajstić information content (AvgIpc) is 2.61. The monoisotopic (exact) mass is 325 g/mol. The number of benzene rings is 2. The lowest BCUT2D eigenvalue weighted by Gasteiger charge is -2.22. The molecular formula is C17H15N3O2S. The van der Waals surface area contributed by atoms with E-state index in [9.17, 15) is 4.79 Å². The highest BCUT2D eigenvalue weighted by molar-refractivity contribution is 8.14. The maximum atomic E-state index is 10.7. The first kappa shape index (κ1) is 15.3. The van der Waals surface area contributed by atoms with Crippen LogP contribution >= 0.6 is 11.8 Å². The summed E-state index contributed by atoms with van der Waals surface area (Å²) in [7, 11) is 0. The fraction of sp³-hybridized carbons (Fsp3) is 0.118. The van der Waals surface area contributed by atoms with Gasteiger partial charge in [-0.05, 0) is 5.56 Å². The van der Waals surface area contributed by atoms with Gasteiger partial charge in [-0.2, -0.15) is 5.10 Å². The summed E-state index contributed by atoms with van der Waals surface area (Å²) in [5.74, 6) is -0.933. The second-order valence-electron chi connectivity index (χ2n) is 4.90. The highest BCUT2D eigenvalue weighted by Gasteiger charge is 2.24. The number of nitrogens with one attached hydrogen (secondary N) is 1. The number of amidine groups is 1. The van der Waals surface area contributed by atoms with Gasteiger partial charge in [-0.3, -0.25) is 10.2 Å². The predicted octanol–water partition coefficient (Wildman–Crippen LogP) is 2.91. The Balaban J connectivity index is 1.93. The summed E-state index contributed by atoms with van der Waals surface area (Å²) in [6, 6.07) is 19.5. The van der Waals surface area contributed by atoms with Crippen molar-refractivity contribution in [2.24, 2.45) is 10.1 Å². The molecule has 6 heteroatoms. The molecule has 23 heavy (non-hydrogen) atoms. The van der Waals surface area contributed by atoms with Gasteiger partial charge in [0, 0.05) is 5.56 Å². The number of hydrazone groups is 1. The number of hydrogen-bond donors (Lipinski definition) is 2. The summed E-state index contributed by atoms with van der Waals surface area (Å²) >= 11 is 1.13. The first-order valence-corrected chi connectivity index (χ1v) is 8.09. The molecule has 0 unspecified atom stereocenters. The summed E-state index contributed by atoms with van der Waals surface area (Å²) in [6.07, 6.45) is 0. The number of nitrogens with zero attached hydrogens (tertiary/aromatic N) is 2. The Hall–Kier alpha value is -2.60. The minimum absolute atomic E-state index is 0.0521. The number of carbonyl (C=O) groups is 1. The molecule has 0 spiro atoms. The second kappa shape index (κ2) is 7.11. The molecular weight excluding hydrogens is 310 g/mol. The van der Waals surface area contributed by atoms with Crippen molar-refractivity contribution in [3.63, 3.8) is 0 Å². The van der Waals surface area contributed by atoms with Crippen molar-refractivity contribution in [3.05, 3.63) is 71.8 Å². The molecule has 0 radical (unpaired) electrons. The summed E-state index contributed by atoms with van der Waals surface area (Å²) in [4.78, 5) is 15.4. The van der Waals surface area contributed by atoms with Gasteiger partial charge in [-0.1, -0.05) is 72.4 Å². The molecule has 0 saturated heterocycles. The maximum absolute atomic E-state index is 10.7. The third-order valence-corrected chi connectivity index (χ3v) is 4.16. The Kier molecular flexibility index (Phi) is 4.73. The summed E-state index contributed by atoms with van der Waals surface area (Å²) < 4.78 is 0. The molecule has 0 aromatic heterocycles. The van der Waals surface area contributed by atoms with Crippen LogP contribution in [0.3, 0.4) is 0 Å². The van der Waals surface area contributed by atoms with Crippen LogP contribution in [0.5, 0.6) is 0 Å². The number of carboxylic acid groups (broad SMARTS) is 1. The number of rotatable bonds is 4. The molecule has 1 heterocycles. The maximum Gasteiger partial charge on any atom is 0.313 e. The van der Waals surface area contributed by atoms with Crippen molar-refractivity contribution in [1.29, 1.82) is 0 Å². The van der Waals surface area contributed by atoms with Crippen molar-refractivity contribution in [2.75, 3.05) is 5.75 Å². The van der Waals surface area contributed by atoms with Gasteiger partial charge < -0.3 is 5.11 Å². The smallest absolute Gasteiger partial charge is 0.313 e. The van der Waals surface area contributed by atoms with E-state index < -0.39 is 5.97 Å². The van der Waals surface area contributed by atoms with Crippen LogP contribution in [0.1, 0.15) is 17.2 Å². The summed E-state index contributed by atoms with van der Waals surface area (Å²) in [5.41, 5.74) is 5.68. The van der Waals surface area contributed by atoms with E-state index in [0.29, 0.717) is 5.17 Å². The van der Waals surface area contributed by atoms with Gasteiger partial charge in [0.05, 0.1) is 11.5 Å². The zero-order chi connectivity index (χ0) is 16.1. The molecule has 0 saturated carbocycles. The van der Waals surface area contributed by atoms with Crippen molar-refractivity contribution in [1.82, 2.24) is 5.43 Å². The van der Waals surface area contributed by atoms with Crippen LogP contribution in [0.4, 0.5) is 0 Å². The lowest BCUT2D eigenvalue weighted by atomic mass is 9.97. The highest BCUT2D eigenvalue weighted by Crippen LogP contribution is 2.26. The van der Waals surface area contributed by atoms with Gasteiger partial charge in [0.15, 0.2) is 5.17 Å². The molecule has 1 atom stereocenters. The quantitative estimate of drug-likeness (QED) is 0.906. The number of thioether (sulfide) groups is 1. The van der Waals surface area contributed by atoms with E-state index in [1.165, 1.54) is 0 Å². The van der Waals surface area contributed by atoms with Gasteiger partial charge in [0.2, 0.25) is 0 Å². The molecule has 116 valence electrons. The molecule has 0 aliphatic carbocycles. The molecule has 2 aromatic carbocycles. The number of carboxylic acids is 1. The second-order valence-corrected chi connectivity index (χ2v) is 5.87. The van der Waals surface area contributed by atoms with E-state index in [1.807, 2.05) is 60.7 Å². The Labute approximate surface area is 138 Å². The Morgan fingerprint density at radius 3 is 2.39 bits per heavy atom. The van der Waals surface area contributed by atoms with Gasteiger partial charge in [-0.15, -0.1) is 0 Å². The van der Waals surface area contributed by atoms with Crippen LogP contribution in [0.15, 0.2) is 70.8 Å². The molecule has 0 amide bonds. The minimum atomic E-state index is -0.881. The first-order valence-electron chi connectivity index (χ1n) is 7.10. The number of hydrogen-bond acceptors (Lipinski definition) is 5. The van der Waals surface area contributed by atoms with E-state index >= 15 is 0 Å². The molecule has 3 rings (SSSR count). The van der Waals surface area contributed by atoms with E-state index in [1.54, 1.807) is 0 Å². The van der Waals surface area contributed by atoms with E-state index in [-0.39, 0.29) is 11.8 Å². The molecule has 2 aromatic rings. The van der Waals surface area contributed by atoms with Gasteiger partial charge >= 0.3 is 5.97 Å². The van der Waals surface area contributed by atoms with Crippen molar-refractivity contribution in [2.45, 2.75) is 6.04 Å². The van der Waals surface area contributed by atoms with Crippen LogP contribution in [-0.2, 0) is 4.79 Å².